The van der Waals surface area contributed by atoms with Gasteiger partial charge in [-0.2, -0.15) is 0 Å². The number of anilines is 2. The van der Waals surface area contributed by atoms with Gasteiger partial charge in [-0.15, -0.1) is 0 Å². The molecule has 1 aromatic heterocycles. The summed E-state index contributed by atoms with van der Waals surface area (Å²) in [5, 5.41) is 4.67. The van der Waals surface area contributed by atoms with Crippen LogP contribution in [-0.4, -0.2) is 34.2 Å². The number of fused-ring (bicyclic) bond motifs is 3. The monoisotopic (exact) mass is 424 g/mol. The number of amides is 1. The first-order valence-corrected chi connectivity index (χ1v) is 11.0. The number of carbonyl (C=O) groups excluding carboxylic acids is 1. The summed E-state index contributed by atoms with van der Waals surface area (Å²) >= 11 is 0. The summed E-state index contributed by atoms with van der Waals surface area (Å²) in [5.74, 6) is -0.124. The first kappa shape index (κ1) is 19.8. The lowest BCUT2D eigenvalue weighted by Crippen LogP contribution is -2.37. The number of carbonyl (C=O) groups is 1. The third kappa shape index (κ3) is 3.81. The Morgan fingerprint density at radius 2 is 1.70 bits per heavy atom. The molecule has 0 saturated carbocycles. The minimum Gasteiger partial charge on any atom is -0.495 e. The maximum Gasteiger partial charge on any atom is 0.245 e. The van der Waals surface area contributed by atoms with Crippen LogP contribution in [0.1, 0.15) is 0 Å². The van der Waals surface area contributed by atoms with E-state index >= 15 is 0 Å². The molecule has 0 unspecified atom stereocenters. The highest BCUT2D eigenvalue weighted by molar-refractivity contribution is 7.92. The summed E-state index contributed by atoms with van der Waals surface area (Å²) in [6.07, 6.45) is 1.05. The zero-order chi connectivity index (χ0) is 21.3. The van der Waals surface area contributed by atoms with Gasteiger partial charge in [-0.25, -0.2) is 8.42 Å². The Morgan fingerprint density at radius 1 is 1.00 bits per heavy atom. The van der Waals surface area contributed by atoms with Crippen molar-refractivity contribution >= 4 is 49.2 Å². The fraction of sp³-hybridized carbons (Fsp3) is 0.136. The number of nitrogens with zero attached hydrogens (tertiary/aromatic N) is 1. The van der Waals surface area contributed by atoms with Crippen molar-refractivity contribution in [1.82, 2.24) is 0 Å². The highest BCUT2D eigenvalue weighted by Gasteiger charge is 2.24. The van der Waals surface area contributed by atoms with E-state index in [1.165, 1.54) is 7.11 Å². The maximum absolute atomic E-state index is 12.7. The molecule has 7 nitrogen and oxygen atoms in total. The van der Waals surface area contributed by atoms with Crippen molar-refractivity contribution in [1.29, 1.82) is 0 Å². The molecule has 4 rings (SSSR count). The molecule has 3 aromatic carbocycles. The van der Waals surface area contributed by atoms with Gasteiger partial charge < -0.3 is 14.5 Å². The molecule has 0 spiro atoms. The molecule has 0 atom stereocenters. The number of nitrogens with one attached hydrogen (secondary N) is 1. The second-order valence-corrected chi connectivity index (χ2v) is 8.71. The van der Waals surface area contributed by atoms with Crippen LogP contribution in [0, 0.1) is 0 Å². The van der Waals surface area contributed by atoms with Gasteiger partial charge in [-0.05, 0) is 30.3 Å². The van der Waals surface area contributed by atoms with E-state index in [4.69, 9.17) is 9.15 Å². The standard InChI is InChI=1S/C22H20N2O5S/c1-28-20-10-6-4-8-18(20)24(30(2,26)27)14-22(25)23-15-11-12-17-16-7-3-5-9-19(16)29-21(17)13-15/h3-13H,14H2,1-2H3,(H,23,25). The normalized spacial score (nSPS) is 11.5. The van der Waals surface area contributed by atoms with Crippen molar-refractivity contribution in [2.75, 3.05) is 29.5 Å². The lowest BCUT2D eigenvalue weighted by molar-refractivity contribution is -0.114. The Bertz CT molecular complexity index is 1340. The fourth-order valence-electron chi connectivity index (χ4n) is 3.35. The largest absolute Gasteiger partial charge is 0.495 e. The van der Waals surface area contributed by atoms with Crippen LogP contribution >= 0.6 is 0 Å². The quantitative estimate of drug-likeness (QED) is 0.505. The van der Waals surface area contributed by atoms with Crippen LogP contribution in [0.5, 0.6) is 5.75 Å². The molecule has 1 heterocycles. The minimum atomic E-state index is -3.72. The first-order chi connectivity index (χ1) is 14.4. The molecule has 0 bridgehead atoms. The number of hydrogen-bond acceptors (Lipinski definition) is 5. The predicted octanol–water partition coefficient (Wildman–Crippen LogP) is 4.00. The van der Waals surface area contributed by atoms with E-state index in [9.17, 15) is 13.2 Å². The Hall–Kier alpha value is -3.52. The molecule has 0 aliphatic rings. The fourth-order valence-corrected chi connectivity index (χ4v) is 4.21. The van der Waals surface area contributed by atoms with Crippen LogP contribution < -0.4 is 14.4 Å². The van der Waals surface area contributed by atoms with Crippen LogP contribution in [0.4, 0.5) is 11.4 Å². The third-order valence-electron chi connectivity index (χ3n) is 4.70. The summed E-state index contributed by atoms with van der Waals surface area (Å²) in [6, 6.07) is 19.7. The van der Waals surface area contributed by atoms with Crippen molar-refractivity contribution in [3.63, 3.8) is 0 Å². The number of benzene rings is 3. The molecule has 1 N–H and O–H groups in total. The summed E-state index contributed by atoms with van der Waals surface area (Å²) in [7, 11) is -2.27. The van der Waals surface area contributed by atoms with Crippen LogP contribution in [0.2, 0.25) is 0 Å². The molecular formula is C22H20N2O5S. The van der Waals surface area contributed by atoms with Gasteiger partial charge in [-0.3, -0.25) is 9.10 Å². The van der Waals surface area contributed by atoms with Gasteiger partial charge in [0.15, 0.2) is 0 Å². The summed E-state index contributed by atoms with van der Waals surface area (Å²) in [6.45, 7) is -0.391. The van der Waals surface area contributed by atoms with Gasteiger partial charge in [-0.1, -0.05) is 30.3 Å². The number of para-hydroxylation sites is 3. The van der Waals surface area contributed by atoms with E-state index in [0.29, 0.717) is 22.7 Å². The van der Waals surface area contributed by atoms with Gasteiger partial charge in [0.05, 0.1) is 19.1 Å². The Kier molecular flexibility index (Phi) is 5.09. The molecule has 8 heteroatoms. The van der Waals surface area contributed by atoms with Gasteiger partial charge in [0, 0.05) is 22.5 Å². The van der Waals surface area contributed by atoms with E-state index in [-0.39, 0.29) is 0 Å². The molecule has 0 fully saturated rings. The predicted molar refractivity (Wildman–Crippen MR) is 118 cm³/mol. The van der Waals surface area contributed by atoms with Crippen LogP contribution in [0.15, 0.2) is 71.1 Å². The highest BCUT2D eigenvalue weighted by atomic mass is 32.2. The summed E-state index contributed by atoms with van der Waals surface area (Å²) < 4.78 is 36.8. The van der Waals surface area contributed by atoms with E-state index in [1.54, 1.807) is 36.4 Å². The zero-order valence-corrected chi connectivity index (χ0v) is 17.3. The van der Waals surface area contributed by atoms with E-state index in [2.05, 4.69) is 5.32 Å². The van der Waals surface area contributed by atoms with Crippen LogP contribution in [0.25, 0.3) is 21.9 Å². The topological polar surface area (TPSA) is 88.8 Å². The zero-order valence-electron chi connectivity index (χ0n) is 16.5. The molecule has 30 heavy (non-hydrogen) atoms. The van der Waals surface area contributed by atoms with E-state index in [0.717, 1.165) is 26.9 Å². The number of methoxy groups -OCH3 is 1. The average molecular weight is 424 g/mol. The molecule has 154 valence electrons. The lowest BCUT2D eigenvalue weighted by atomic mass is 10.1. The lowest BCUT2D eigenvalue weighted by Gasteiger charge is -2.23. The molecule has 4 aromatic rings. The SMILES string of the molecule is COc1ccccc1N(CC(=O)Nc1ccc2c(c1)oc1ccccc12)S(C)(=O)=O. The number of sulfonamides is 1. The van der Waals surface area contributed by atoms with Gasteiger partial charge in [0.25, 0.3) is 0 Å². The average Bonchev–Trinajstić information content (AvgIpc) is 3.09. The first-order valence-electron chi connectivity index (χ1n) is 9.19. The molecule has 0 aliphatic carbocycles. The van der Waals surface area contributed by atoms with Crippen molar-refractivity contribution in [2.24, 2.45) is 0 Å². The molecule has 0 radical (unpaired) electrons. The smallest absolute Gasteiger partial charge is 0.245 e. The Morgan fingerprint density at radius 3 is 2.47 bits per heavy atom. The Balaban J connectivity index is 1.60. The Labute approximate surface area is 173 Å². The van der Waals surface area contributed by atoms with E-state index < -0.39 is 22.5 Å². The van der Waals surface area contributed by atoms with Gasteiger partial charge in [0.2, 0.25) is 15.9 Å². The summed E-state index contributed by atoms with van der Waals surface area (Å²) in [5.41, 5.74) is 2.21. The second kappa shape index (κ2) is 7.72. The highest BCUT2D eigenvalue weighted by Crippen LogP contribution is 2.31. The number of furan rings is 1. The van der Waals surface area contributed by atoms with Gasteiger partial charge >= 0.3 is 0 Å². The number of rotatable bonds is 6. The van der Waals surface area contributed by atoms with Crippen molar-refractivity contribution in [3.8, 4) is 5.75 Å². The number of hydrogen-bond donors (Lipinski definition) is 1. The summed E-state index contributed by atoms with van der Waals surface area (Å²) in [4.78, 5) is 12.7. The van der Waals surface area contributed by atoms with Gasteiger partial charge in [0.1, 0.15) is 23.5 Å². The van der Waals surface area contributed by atoms with E-state index in [1.807, 2.05) is 30.3 Å². The third-order valence-corrected chi connectivity index (χ3v) is 5.83. The number of ether oxygens (including phenoxy) is 1. The van der Waals surface area contributed by atoms with Crippen molar-refractivity contribution in [2.45, 2.75) is 0 Å². The van der Waals surface area contributed by atoms with Crippen LogP contribution in [-0.2, 0) is 14.8 Å². The van der Waals surface area contributed by atoms with Crippen molar-refractivity contribution in [3.05, 3.63) is 66.7 Å². The molecule has 1 amide bonds. The maximum atomic E-state index is 12.7. The molecule has 0 aliphatic heterocycles. The second-order valence-electron chi connectivity index (χ2n) is 6.80. The van der Waals surface area contributed by atoms with Crippen molar-refractivity contribution < 1.29 is 22.4 Å². The van der Waals surface area contributed by atoms with Crippen LogP contribution in [0.3, 0.4) is 0 Å². The minimum absolute atomic E-state index is 0.297. The molecular weight excluding hydrogens is 404 g/mol. The molecule has 0 saturated heterocycles.